The molecule has 0 bridgehead atoms. The Morgan fingerprint density at radius 2 is 1.44 bits per heavy atom. The average molecular weight is 356 g/mol. The smallest absolute Gasteiger partial charge is 0.309 e. The molecule has 1 rings (SSSR count). The van der Waals surface area contributed by atoms with Crippen molar-refractivity contribution in [3.63, 3.8) is 0 Å². The van der Waals surface area contributed by atoms with Crippen LogP contribution in [0.5, 0.6) is 0 Å². The van der Waals surface area contributed by atoms with Gasteiger partial charge in [-0.15, -0.1) is 0 Å². The zero-order valence-electron chi connectivity index (χ0n) is 16.7. The first-order valence-electron chi connectivity index (χ1n) is 9.62. The highest BCUT2D eigenvalue weighted by Crippen LogP contribution is 2.45. The van der Waals surface area contributed by atoms with Crippen molar-refractivity contribution in [1.82, 2.24) is 5.32 Å². The quantitative estimate of drug-likeness (QED) is 0.504. The molecular weight excluding hydrogens is 318 g/mol. The first kappa shape index (κ1) is 21.9. The third-order valence-corrected chi connectivity index (χ3v) is 5.67. The third kappa shape index (κ3) is 6.96. The summed E-state index contributed by atoms with van der Waals surface area (Å²) < 4.78 is 0. The van der Waals surface area contributed by atoms with Crippen molar-refractivity contribution in [3.05, 3.63) is 0 Å². The first-order chi connectivity index (χ1) is 11.4. The molecule has 0 aromatic rings. The normalized spacial score (nSPS) is 22.3. The van der Waals surface area contributed by atoms with E-state index in [-0.39, 0.29) is 23.4 Å². The van der Waals surface area contributed by atoms with E-state index in [1.54, 1.807) is 0 Å². The molecule has 5 heteroatoms. The molecule has 0 radical (unpaired) electrons. The number of nitrogens with one attached hydrogen (secondary N) is 1. The maximum atomic E-state index is 12.1. The maximum absolute atomic E-state index is 12.1. The molecule has 1 atom stereocenters. The summed E-state index contributed by atoms with van der Waals surface area (Å²) >= 11 is 0. The number of hydrogen-bond acceptors (Lipinski definition) is 3. The monoisotopic (exact) mass is 355 g/mol. The van der Waals surface area contributed by atoms with E-state index < -0.39 is 17.4 Å². The van der Waals surface area contributed by atoms with Crippen LogP contribution in [0.2, 0.25) is 0 Å². The highest BCUT2D eigenvalue weighted by molar-refractivity contribution is 5.74. The second kappa shape index (κ2) is 8.52. The molecule has 0 saturated carbocycles. The Labute approximate surface area is 152 Å². The highest BCUT2D eigenvalue weighted by Gasteiger charge is 2.48. The predicted molar refractivity (Wildman–Crippen MR) is 99.7 cm³/mol. The molecule has 146 valence electrons. The molecule has 1 fully saturated rings. The fourth-order valence-electron chi connectivity index (χ4n) is 4.56. The lowest BCUT2D eigenvalue weighted by molar-refractivity contribution is -0.154. The molecule has 1 heterocycles. The summed E-state index contributed by atoms with van der Waals surface area (Å²) in [7, 11) is 0. The van der Waals surface area contributed by atoms with Gasteiger partial charge < -0.3 is 15.5 Å². The van der Waals surface area contributed by atoms with Gasteiger partial charge >= 0.3 is 11.9 Å². The number of carboxylic acids is 2. The molecule has 0 aromatic carbocycles. The standard InChI is InChI=1S/C20H37NO4/c1-18(2)13-15(14-19(3,4)21-18)20(5,17(24)25)12-10-8-6-7-9-11-16(22)23/h15,21H,6-14H2,1-5H3,(H,22,23)(H,24,25). The van der Waals surface area contributed by atoms with E-state index in [0.29, 0.717) is 12.8 Å². The zero-order chi connectivity index (χ0) is 19.3. The van der Waals surface area contributed by atoms with E-state index in [4.69, 9.17) is 5.11 Å². The third-order valence-electron chi connectivity index (χ3n) is 5.67. The molecule has 0 aromatic heterocycles. The van der Waals surface area contributed by atoms with Gasteiger partial charge in [-0.2, -0.15) is 0 Å². The van der Waals surface area contributed by atoms with Crippen molar-refractivity contribution in [3.8, 4) is 0 Å². The van der Waals surface area contributed by atoms with Crippen LogP contribution in [0.15, 0.2) is 0 Å². The minimum atomic E-state index is -0.741. The molecule has 1 aliphatic heterocycles. The molecule has 0 amide bonds. The van der Waals surface area contributed by atoms with Crippen molar-refractivity contribution < 1.29 is 19.8 Å². The summed E-state index contributed by atoms with van der Waals surface area (Å²) in [5.41, 5.74) is -0.808. The van der Waals surface area contributed by atoms with Crippen LogP contribution in [0.4, 0.5) is 0 Å². The first-order valence-corrected chi connectivity index (χ1v) is 9.62. The second-order valence-corrected chi connectivity index (χ2v) is 9.38. The van der Waals surface area contributed by atoms with Gasteiger partial charge in [0.25, 0.3) is 0 Å². The van der Waals surface area contributed by atoms with Gasteiger partial charge in [-0.1, -0.05) is 25.7 Å². The molecule has 3 N–H and O–H groups in total. The Morgan fingerprint density at radius 1 is 0.960 bits per heavy atom. The number of rotatable bonds is 10. The molecule has 5 nitrogen and oxygen atoms in total. The summed E-state index contributed by atoms with van der Waals surface area (Å²) in [6.45, 7) is 10.6. The molecule has 25 heavy (non-hydrogen) atoms. The molecular formula is C20H37NO4. The van der Waals surface area contributed by atoms with Crippen LogP contribution >= 0.6 is 0 Å². The Bertz CT molecular complexity index is 456. The van der Waals surface area contributed by atoms with Crippen molar-refractivity contribution >= 4 is 11.9 Å². The Morgan fingerprint density at radius 3 is 1.92 bits per heavy atom. The number of hydrogen-bond donors (Lipinski definition) is 3. The van der Waals surface area contributed by atoms with Crippen molar-refractivity contribution in [2.75, 3.05) is 0 Å². The van der Waals surface area contributed by atoms with E-state index >= 15 is 0 Å². The predicted octanol–water partition coefficient (Wildman–Crippen LogP) is 4.45. The highest BCUT2D eigenvalue weighted by atomic mass is 16.4. The SMILES string of the molecule is CC1(C)CC(C(C)(CCCCCCCC(=O)O)C(=O)O)CC(C)(C)N1. The fourth-order valence-corrected chi connectivity index (χ4v) is 4.56. The van der Waals surface area contributed by atoms with Crippen LogP contribution in [-0.4, -0.2) is 33.2 Å². The molecule has 0 aliphatic carbocycles. The second-order valence-electron chi connectivity index (χ2n) is 9.38. The van der Waals surface area contributed by atoms with Crippen LogP contribution in [0.1, 0.15) is 92.4 Å². The van der Waals surface area contributed by atoms with E-state index in [2.05, 4.69) is 33.0 Å². The molecule has 0 spiro atoms. The van der Waals surface area contributed by atoms with Crippen LogP contribution in [-0.2, 0) is 9.59 Å². The average Bonchev–Trinajstić information content (AvgIpc) is 2.42. The van der Waals surface area contributed by atoms with Gasteiger partial charge in [-0.25, -0.2) is 0 Å². The van der Waals surface area contributed by atoms with Crippen LogP contribution in [0, 0.1) is 11.3 Å². The Kier molecular flexibility index (Phi) is 7.48. The van der Waals surface area contributed by atoms with Crippen molar-refractivity contribution in [1.29, 1.82) is 0 Å². The Balaban J connectivity index is 2.58. The van der Waals surface area contributed by atoms with Crippen LogP contribution in [0.25, 0.3) is 0 Å². The largest absolute Gasteiger partial charge is 0.481 e. The van der Waals surface area contributed by atoms with Gasteiger partial charge in [0, 0.05) is 17.5 Å². The number of carboxylic acid groups (broad SMARTS) is 2. The summed E-state index contributed by atoms with van der Waals surface area (Å²) in [5, 5.41) is 22.2. The van der Waals surface area contributed by atoms with Crippen LogP contribution < -0.4 is 5.32 Å². The van der Waals surface area contributed by atoms with Gasteiger partial charge in [0.1, 0.15) is 0 Å². The minimum absolute atomic E-state index is 0.0556. The Hall–Kier alpha value is -1.10. The topological polar surface area (TPSA) is 86.6 Å². The lowest BCUT2D eigenvalue weighted by atomic mass is 9.62. The lowest BCUT2D eigenvalue weighted by Crippen LogP contribution is -2.60. The van der Waals surface area contributed by atoms with E-state index in [1.165, 1.54) is 0 Å². The summed E-state index contributed by atoms with van der Waals surface area (Å²) in [5.74, 6) is -1.27. The number of aliphatic carboxylic acids is 2. The molecule has 1 unspecified atom stereocenters. The van der Waals surface area contributed by atoms with Crippen LogP contribution in [0.3, 0.4) is 0 Å². The van der Waals surface area contributed by atoms with E-state index in [0.717, 1.165) is 38.5 Å². The number of carbonyl (C=O) groups is 2. The van der Waals surface area contributed by atoms with Gasteiger partial charge in [-0.05, 0) is 66.2 Å². The summed E-state index contributed by atoms with van der Waals surface area (Å²) in [6, 6.07) is 0. The zero-order valence-corrected chi connectivity index (χ0v) is 16.7. The fraction of sp³-hybridized carbons (Fsp3) is 0.900. The summed E-state index contributed by atoms with van der Waals surface area (Å²) in [6.07, 6.45) is 7.12. The maximum Gasteiger partial charge on any atom is 0.309 e. The minimum Gasteiger partial charge on any atom is -0.481 e. The number of piperidine rings is 1. The van der Waals surface area contributed by atoms with E-state index in [9.17, 15) is 14.7 Å². The van der Waals surface area contributed by atoms with Gasteiger partial charge in [0.15, 0.2) is 0 Å². The number of unbranched alkanes of at least 4 members (excludes halogenated alkanes) is 4. The molecule has 1 aliphatic rings. The summed E-state index contributed by atoms with van der Waals surface area (Å²) in [4.78, 5) is 22.6. The van der Waals surface area contributed by atoms with Gasteiger partial charge in [0.05, 0.1) is 5.41 Å². The molecule has 1 saturated heterocycles. The van der Waals surface area contributed by atoms with Gasteiger partial charge in [-0.3, -0.25) is 9.59 Å². The lowest BCUT2D eigenvalue weighted by Gasteiger charge is -2.50. The van der Waals surface area contributed by atoms with Crippen molar-refractivity contribution in [2.24, 2.45) is 11.3 Å². The van der Waals surface area contributed by atoms with Crippen molar-refractivity contribution in [2.45, 2.75) is 103 Å². The van der Waals surface area contributed by atoms with E-state index in [1.807, 2.05) is 6.92 Å². The van der Waals surface area contributed by atoms with Gasteiger partial charge in [0.2, 0.25) is 0 Å².